The number of benzene rings is 2. The van der Waals surface area contributed by atoms with Gasteiger partial charge in [0.05, 0.1) is 9.75 Å². The molecule has 0 atom stereocenters. The van der Waals surface area contributed by atoms with E-state index in [1.54, 1.807) is 54.6 Å². The Bertz CT molecular complexity index is 915. The van der Waals surface area contributed by atoms with Crippen molar-refractivity contribution in [2.45, 2.75) is 0 Å². The molecule has 3 nitrogen and oxygen atoms in total. The first-order chi connectivity index (χ1) is 11.2. The highest BCUT2D eigenvalue weighted by molar-refractivity contribution is 7.17. The van der Waals surface area contributed by atoms with E-state index in [0.717, 1.165) is 11.3 Å². The summed E-state index contributed by atoms with van der Waals surface area (Å²) in [6, 6.07) is 17.2. The Morgan fingerprint density at radius 3 is 2.04 bits per heavy atom. The van der Waals surface area contributed by atoms with Crippen molar-refractivity contribution < 1.29 is 14.4 Å². The van der Waals surface area contributed by atoms with Crippen LogP contribution in [0.3, 0.4) is 0 Å². The van der Waals surface area contributed by atoms with Crippen LogP contribution in [0.15, 0.2) is 60.7 Å². The summed E-state index contributed by atoms with van der Waals surface area (Å²) in [5, 5.41) is 0. The molecule has 23 heavy (non-hydrogen) atoms. The highest BCUT2D eigenvalue weighted by Gasteiger charge is 2.32. The lowest BCUT2D eigenvalue weighted by atomic mass is 9.89. The van der Waals surface area contributed by atoms with Gasteiger partial charge < -0.3 is 0 Å². The van der Waals surface area contributed by atoms with Crippen LogP contribution in [0, 0.1) is 0 Å². The van der Waals surface area contributed by atoms with Gasteiger partial charge in [0.15, 0.2) is 5.78 Å². The van der Waals surface area contributed by atoms with Gasteiger partial charge in [0, 0.05) is 22.3 Å². The summed E-state index contributed by atoms with van der Waals surface area (Å²) < 4.78 is 0. The first-order valence-corrected chi connectivity index (χ1v) is 7.90. The highest BCUT2D eigenvalue weighted by atomic mass is 32.1. The van der Waals surface area contributed by atoms with Gasteiger partial charge in [-0.3, -0.25) is 14.4 Å². The summed E-state index contributed by atoms with van der Waals surface area (Å²) in [6.45, 7) is 0. The molecule has 2 aromatic carbocycles. The van der Waals surface area contributed by atoms with Gasteiger partial charge in [-0.2, -0.15) is 0 Å². The predicted molar refractivity (Wildman–Crippen MR) is 87.5 cm³/mol. The zero-order chi connectivity index (χ0) is 16.0. The maximum absolute atomic E-state index is 12.6. The van der Waals surface area contributed by atoms with Crippen molar-refractivity contribution in [1.29, 1.82) is 0 Å². The molecule has 0 aliphatic heterocycles. The molecule has 0 spiro atoms. The largest absolute Gasteiger partial charge is 0.289 e. The fraction of sp³-hybridized carbons (Fsp3) is 0. The Hall–Kier alpha value is -2.85. The monoisotopic (exact) mass is 318 g/mol. The number of carbonyl (C=O) groups is 3. The maximum atomic E-state index is 12.6. The van der Waals surface area contributed by atoms with Crippen molar-refractivity contribution in [1.82, 2.24) is 0 Å². The molecule has 3 aromatic rings. The molecule has 1 aliphatic carbocycles. The second-order valence-corrected chi connectivity index (χ2v) is 6.30. The molecule has 1 aliphatic rings. The van der Waals surface area contributed by atoms with Crippen LogP contribution in [-0.2, 0) is 0 Å². The van der Waals surface area contributed by atoms with E-state index in [1.165, 1.54) is 0 Å². The van der Waals surface area contributed by atoms with Crippen LogP contribution in [0.1, 0.15) is 46.4 Å². The predicted octanol–water partition coefficient (Wildman–Crippen LogP) is 3.75. The summed E-state index contributed by atoms with van der Waals surface area (Å²) in [6.07, 6.45) is 0. The van der Waals surface area contributed by atoms with Gasteiger partial charge >= 0.3 is 0 Å². The average Bonchev–Trinajstić information content (AvgIpc) is 3.05. The summed E-state index contributed by atoms with van der Waals surface area (Å²) in [7, 11) is 0. The number of carbonyl (C=O) groups excluding carboxylic acids is 3. The second kappa shape index (κ2) is 5.11. The van der Waals surface area contributed by atoms with Crippen LogP contribution in [-0.4, -0.2) is 17.3 Å². The first kappa shape index (κ1) is 13.8. The molecule has 0 bridgehead atoms. The lowest BCUT2D eigenvalue weighted by Crippen LogP contribution is -2.18. The van der Waals surface area contributed by atoms with Gasteiger partial charge in [0.1, 0.15) is 0 Å². The number of rotatable bonds is 2. The molecule has 1 heterocycles. The third-order valence-electron chi connectivity index (χ3n) is 3.86. The van der Waals surface area contributed by atoms with Crippen LogP contribution in [0.25, 0.3) is 0 Å². The lowest BCUT2D eigenvalue weighted by Gasteiger charge is -2.12. The summed E-state index contributed by atoms with van der Waals surface area (Å²) in [4.78, 5) is 38.4. The molecule has 0 N–H and O–H groups in total. The number of ketones is 3. The molecule has 110 valence electrons. The van der Waals surface area contributed by atoms with Gasteiger partial charge in [-0.1, -0.05) is 54.6 Å². The van der Waals surface area contributed by atoms with Crippen molar-refractivity contribution in [2.75, 3.05) is 0 Å². The maximum Gasteiger partial charge on any atom is 0.204 e. The molecule has 0 unspecified atom stereocenters. The van der Waals surface area contributed by atoms with Gasteiger partial charge in [-0.15, -0.1) is 11.3 Å². The minimum Gasteiger partial charge on any atom is -0.289 e. The zero-order valence-corrected chi connectivity index (χ0v) is 12.7. The molecule has 1 aromatic heterocycles. The van der Waals surface area contributed by atoms with Crippen LogP contribution < -0.4 is 0 Å². The number of hydrogen-bond donors (Lipinski definition) is 0. The normalized spacial score (nSPS) is 12.7. The van der Waals surface area contributed by atoms with Gasteiger partial charge in [0.25, 0.3) is 0 Å². The quantitative estimate of drug-likeness (QED) is 0.529. The summed E-state index contributed by atoms with van der Waals surface area (Å²) >= 11 is 1.09. The van der Waals surface area contributed by atoms with E-state index < -0.39 is 0 Å². The third kappa shape index (κ3) is 2.07. The second-order valence-electron chi connectivity index (χ2n) is 5.25. The van der Waals surface area contributed by atoms with Crippen molar-refractivity contribution >= 4 is 28.7 Å². The molecule has 0 saturated heterocycles. The molecule has 0 amide bonds. The van der Waals surface area contributed by atoms with Crippen molar-refractivity contribution in [3.63, 3.8) is 0 Å². The number of fused-ring (bicyclic) bond motifs is 2. The van der Waals surface area contributed by atoms with Crippen LogP contribution in [0.2, 0.25) is 0 Å². The molecule has 0 radical (unpaired) electrons. The fourth-order valence-corrected chi connectivity index (χ4v) is 3.79. The van der Waals surface area contributed by atoms with E-state index in [4.69, 9.17) is 0 Å². The van der Waals surface area contributed by atoms with Gasteiger partial charge in [-0.05, 0) is 6.07 Å². The third-order valence-corrected chi connectivity index (χ3v) is 4.99. The Balaban J connectivity index is 1.83. The van der Waals surface area contributed by atoms with E-state index in [2.05, 4.69) is 0 Å². The average molecular weight is 318 g/mol. The van der Waals surface area contributed by atoms with Crippen LogP contribution >= 0.6 is 11.3 Å². The van der Waals surface area contributed by atoms with Gasteiger partial charge in [-0.25, -0.2) is 0 Å². The van der Waals surface area contributed by atoms with E-state index in [1.807, 2.05) is 6.07 Å². The van der Waals surface area contributed by atoms with Crippen molar-refractivity contribution in [3.8, 4) is 0 Å². The first-order valence-electron chi connectivity index (χ1n) is 7.09. The Labute approximate surface area is 136 Å². The number of hydrogen-bond acceptors (Lipinski definition) is 4. The topological polar surface area (TPSA) is 51.2 Å². The van der Waals surface area contributed by atoms with E-state index in [0.29, 0.717) is 32.0 Å². The molecule has 4 heteroatoms. The highest BCUT2D eigenvalue weighted by Crippen LogP contribution is 2.34. The molecule has 0 fully saturated rings. The molecule has 4 rings (SSSR count). The van der Waals surface area contributed by atoms with Crippen LogP contribution in [0.5, 0.6) is 0 Å². The Morgan fingerprint density at radius 1 is 0.739 bits per heavy atom. The van der Waals surface area contributed by atoms with Crippen molar-refractivity contribution in [3.05, 3.63) is 92.7 Å². The minimum atomic E-state index is -0.196. The molecular formula is C19H10O3S. The molecular weight excluding hydrogens is 308 g/mol. The minimum absolute atomic E-state index is 0.172. The summed E-state index contributed by atoms with van der Waals surface area (Å²) in [5.74, 6) is -0.555. The zero-order valence-electron chi connectivity index (χ0n) is 11.9. The Morgan fingerprint density at radius 2 is 1.35 bits per heavy atom. The summed E-state index contributed by atoms with van der Waals surface area (Å²) in [5.41, 5.74) is 1.69. The van der Waals surface area contributed by atoms with Gasteiger partial charge in [0.2, 0.25) is 11.6 Å². The SMILES string of the molecule is O=C(c1ccccc1)c1cc2c(s1)C(=O)c1ccccc1C2=O. The van der Waals surface area contributed by atoms with Crippen LogP contribution in [0.4, 0.5) is 0 Å². The molecule has 0 saturated carbocycles. The van der Waals surface area contributed by atoms with E-state index in [-0.39, 0.29) is 17.3 Å². The van der Waals surface area contributed by atoms with Crippen molar-refractivity contribution in [2.24, 2.45) is 0 Å². The fourth-order valence-electron chi connectivity index (χ4n) is 2.72. The number of thiophene rings is 1. The van der Waals surface area contributed by atoms with E-state index >= 15 is 0 Å². The smallest absolute Gasteiger partial charge is 0.204 e. The Kier molecular flexibility index (Phi) is 3.06. The standard InChI is InChI=1S/C19H10O3S/c20-16(11-6-2-1-3-7-11)15-10-14-17(21)12-8-4-5-9-13(12)18(22)19(14)23-15/h1-10H. The lowest BCUT2D eigenvalue weighted by molar-refractivity contribution is 0.0982. The van der Waals surface area contributed by atoms with E-state index in [9.17, 15) is 14.4 Å².